The van der Waals surface area contributed by atoms with Gasteiger partial charge in [-0.2, -0.15) is 0 Å². The first-order valence-electron chi connectivity index (χ1n) is 9.09. The molecule has 1 aliphatic heterocycles. The van der Waals surface area contributed by atoms with Crippen LogP contribution in [-0.2, 0) is 11.3 Å². The fraction of sp³-hybridized carbons (Fsp3) is 0.300. The Bertz CT molecular complexity index is 1050. The van der Waals surface area contributed by atoms with Gasteiger partial charge >= 0.3 is 5.97 Å². The molecule has 0 saturated carbocycles. The quantitative estimate of drug-likeness (QED) is 0.663. The van der Waals surface area contributed by atoms with Gasteiger partial charge in [0.15, 0.2) is 0 Å². The summed E-state index contributed by atoms with van der Waals surface area (Å²) >= 11 is 12.5. The molecule has 146 valence electrons. The predicted octanol–water partition coefficient (Wildman–Crippen LogP) is 4.19. The Kier molecular flexibility index (Phi) is 5.19. The van der Waals surface area contributed by atoms with Crippen molar-refractivity contribution >= 4 is 40.5 Å². The lowest BCUT2D eigenvalue weighted by Gasteiger charge is -2.30. The number of benzene rings is 1. The first-order chi connectivity index (χ1) is 13.4. The predicted molar refractivity (Wildman–Crippen MR) is 111 cm³/mol. The van der Waals surface area contributed by atoms with E-state index in [2.05, 4.69) is 4.90 Å². The average molecular weight is 419 g/mol. The number of fused-ring (bicyclic) bond motifs is 1. The Morgan fingerprint density at radius 2 is 2.11 bits per heavy atom. The minimum Gasteiger partial charge on any atom is -0.481 e. The third-order valence-electron chi connectivity index (χ3n) is 5.15. The van der Waals surface area contributed by atoms with E-state index in [1.54, 1.807) is 18.2 Å². The van der Waals surface area contributed by atoms with Crippen LogP contribution >= 0.6 is 23.2 Å². The smallest absolute Gasteiger partial charge is 0.307 e. The van der Waals surface area contributed by atoms with Crippen molar-refractivity contribution in [3.63, 3.8) is 0 Å². The van der Waals surface area contributed by atoms with Gasteiger partial charge in [-0.3, -0.25) is 9.69 Å². The van der Waals surface area contributed by atoms with Gasteiger partial charge in [0.25, 0.3) is 0 Å². The van der Waals surface area contributed by atoms with Crippen molar-refractivity contribution < 1.29 is 9.90 Å². The Morgan fingerprint density at radius 3 is 2.86 bits per heavy atom. The third kappa shape index (κ3) is 3.68. The maximum atomic E-state index is 11.4. The Labute approximate surface area is 172 Å². The number of halogens is 2. The fourth-order valence-corrected chi connectivity index (χ4v) is 4.27. The van der Waals surface area contributed by atoms with Gasteiger partial charge in [0.05, 0.1) is 22.3 Å². The number of aromatic nitrogens is 2. The Morgan fingerprint density at radius 1 is 1.29 bits per heavy atom. The molecule has 3 aromatic rings. The lowest BCUT2D eigenvalue weighted by molar-refractivity contribution is -0.143. The number of rotatable bonds is 4. The van der Waals surface area contributed by atoms with Gasteiger partial charge in [0.2, 0.25) is 0 Å². The van der Waals surface area contributed by atoms with Crippen LogP contribution in [-0.4, -0.2) is 38.4 Å². The second-order valence-corrected chi connectivity index (χ2v) is 7.98. The zero-order valence-corrected chi connectivity index (χ0v) is 16.6. The monoisotopic (exact) mass is 418 g/mol. The molecule has 6 nitrogen and oxygen atoms in total. The zero-order valence-electron chi connectivity index (χ0n) is 15.1. The number of hydrogen-bond acceptors (Lipinski definition) is 4. The second kappa shape index (κ2) is 7.62. The van der Waals surface area contributed by atoms with E-state index in [1.807, 2.05) is 22.7 Å². The Balaban J connectivity index is 1.79. The maximum Gasteiger partial charge on any atom is 0.307 e. The average Bonchev–Trinajstić information content (AvgIpc) is 2.99. The van der Waals surface area contributed by atoms with Crippen LogP contribution in [0.25, 0.3) is 16.9 Å². The highest BCUT2D eigenvalue weighted by atomic mass is 35.5. The summed E-state index contributed by atoms with van der Waals surface area (Å²) in [5, 5.41) is 10.5. The normalized spacial score (nSPS) is 17.9. The number of anilines is 1. The van der Waals surface area contributed by atoms with Crippen LogP contribution in [0.1, 0.15) is 18.5 Å². The lowest BCUT2D eigenvalue weighted by atomic mass is 9.98. The van der Waals surface area contributed by atoms with Crippen molar-refractivity contribution in [2.24, 2.45) is 5.92 Å². The standard InChI is InChI=1S/C20H20Cl2N4O2/c21-13-3-5-15(16(22)8-13)19-17(26-10-14(23)4-6-18(26)24-19)11-25-7-1-2-12(9-25)20(27)28/h3-6,8,10,12H,1-2,7,9,11,23H2,(H,27,28). The van der Waals surface area contributed by atoms with E-state index in [4.69, 9.17) is 33.9 Å². The molecule has 1 unspecified atom stereocenters. The van der Waals surface area contributed by atoms with E-state index in [-0.39, 0.29) is 5.92 Å². The second-order valence-electron chi connectivity index (χ2n) is 7.13. The molecular weight excluding hydrogens is 399 g/mol. The number of nitrogens with zero attached hydrogens (tertiary/aromatic N) is 3. The van der Waals surface area contributed by atoms with E-state index in [1.165, 1.54) is 0 Å². The van der Waals surface area contributed by atoms with Gasteiger partial charge < -0.3 is 15.2 Å². The van der Waals surface area contributed by atoms with Crippen molar-refractivity contribution in [2.45, 2.75) is 19.4 Å². The van der Waals surface area contributed by atoms with Crippen LogP contribution in [0, 0.1) is 5.92 Å². The molecule has 1 aromatic carbocycles. The highest BCUT2D eigenvalue weighted by Crippen LogP contribution is 2.34. The maximum absolute atomic E-state index is 11.4. The summed E-state index contributed by atoms with van der Waals surface area (Å²) in [6.07, 6.45) is 3.40. The van der Waals surface area contributed by atoms with Gasteiger partial charge in [-0.05, 0) is 49.7 Å². The van der Waals surface area contributed by atoms with Crippen LogP contribution in [0.5, 0.6) is 0 Å². The molecule has 8 heteroatoms. The molecule has 0 radical (unpaired) electrons. The number of hydrogen-bond donors (Lipinski definition) is 2. The van der Waals surface area contributed by atoms with Gasteiger partial charge in [-0.25, -0.2) is 4.98 Å². The first kappa shape index (κ1) is 19.1. The van der Waals surface area contributed by atoms with Crippen molar-refractivity contribution in [1.82, 2.24) is 14.3 Å². The van der Waals surface area contributed by atoms with E-state index >= 15 is 0 Å². The Hall–Kier alpha value is -2.28. The minimum atomic E-state index is -0.743. The summed E-state index contributed by atoms with van der Waals surface area (Å²) in [5.41, 5.74) is 9.86. The van der Waals surface area contributed by atoms with Crippen LogP contribution in [0.3, 0.4) is 0 Å². The molecule has 1 atom stereocenters. The van der Waals surface area contributed by atoms with Gasteiger partial charge in [-0.15, -0.1) is 0 Å². The highest BCUT2D eigenvalue weighted by Gasteiger charge is 2.27. The summed E-state index contributed by atoms with van der Waals surface area (Å²) in [5.74, 6) is -1.09. The van der Waals surface area contributed by atoms with Crippen molar-refractivity contribution in [3.8, 4) is 11.3 Å². The summed E-state index contributed by atoms with van der Waals surface area (Å²) in [4.78, 5) is 18.4. The number of carboxylic acid groups (broad SMARTS) is 1. The number of piperidine rings is 1. The molecule has 1 saturated heterocycles. The first-order valence-corrected chi connectivity index (χ1v) is 9.85. The molecule has 1 fully saturated rings. The van der Waals surface area contributed by atoms with Gasteiger partial charge in [-0.1, -0.05) is 23.2 Å². The number of nitrogens with two attached hydrogens (primary N) is 1. The number of aliphatic carboxylic acids is 1. The molecule has 0 aliphatic carbocycles. The largest absolute Gasteiger partial charge is 0.481 e. The molecule has 4 rings (SSSR count). The summed E-state index contributed by atoms with van der Waals surface area (Å²) in [6, 6.07) is 9.01. The molecule has 0 bridgehead atoms. The van der Waals surface area contributed by atoms with Crippen LogP contribution in [0.2, 0.25) is 10.0 Å². The van der Waals surface area contributed by atoms with Crippen molar-refractivity contribution in [3.05, 3.63) is 52.3 Å². The van der Waals surface area contributed by atoms with E-state index < -0.39 is 5.97 Å². The highest BCUT2D eigenvalue weighted by molar-refractivity contribution is 6.36. The number of nitrogen functional groups attached to an aromatic ring is 1. The fourth-order valence-electron chi connectivity index (χ4n) is 3.77. The topological polar surface area (TPSA) is 83.9 Å². The minimum absolute atomic E-state index is 0.347. The molecule has 3 N–H and O–H groups in total. The molecule has 0 amide bonds. The number of carboxylic acids is 1. The molecule has 2 aromatic heterocycles. The van der Waals surface area contributed by atoms with Crippen molar-refractivity contribution in [1.29, 1.82) is 0 Å². The van der Waals surface area contributed by atoms with Crippen molar-refractivity contribution in [2.75, 3.05) is 18.8 Å². The SMILES string of the molecule is Nc1ccc2nc(-c3ccc(Cl)cc3Cl)c(CN3CCCC(C(=O)O)C3)n2c1. The zero-order chi connectivity index (χ0) is 19.8. The molecular formula is C20H20Cl2N4O2. The number of likely N-dealkylation sites (tertiary alicyclic amines) is 1. The molecule has 3 heterocycles. The number of imidazole rings is 1. The third-order valence-corrected chi connectivity index (χ3v) is 5.70. The van der Waals surface area contributed by atoms with E-state index in [0.717, 1.165) is 35.6 Å². The van der Waals surface area contributed by atoms with Crippen LogP contribution in [0.4, 0.5) is 5.69 Å². The summed E-state index contributed by atoms with van der Waals surface area (Å²) in [7, 11) is 0. The number of carbonyl (C=O) groups is 1. The molecule has 1 aliphatic rings. The molecule has 0 spiro atoms. The van der Waals surface area contributed by atoms with Crippen LogP contribution in [0.15, 0.2) is 36.5 Å². The van der Waals surface area contributed by atoms with Crippen LogP contribution < -0.4 is 5.73 Å². The van der Waals surface area contributed by atoms with Gasteiger partial charge in [0.1, 0.15) is 5.65 Å². The van der Waals surface area contributed by atoms with Gasteiger partial charge in [0, 0.05) is 35.6 Å². The van der Waals surface area contributed by atoms with E-state index in [9.17, 15) is 9.90 Å². The summed E-state index contributed by atoms with van der Waals surface area (Å²) in [6.45, 7) is 1.91. The summed E-state index contributed by atoms with van der Waals surface area (Å²) < 4.78 is 1.96. The molecule has 28 heavy (non-hydrogen) atoms. The number of pyridine rings is 1. The lowest BCUT2D eigenvalue weighted by Crippen LogP contribution is -2.38. The van der Waals surface area contributed by atoms with E-state index in [0.29, 0.717) is 35.2 Å².